The zero-order valence-corrected chi connectivity index (χ0v) is 11.7. The van der Waals surface area contributed by atoms with Gasteiger partial charge >= 0.3 is 0 Å². The van der Waals surface area contributed by atoms with Gasteiger partial charge in [0.05, 0.1) is 13.4 Å². The molecule has 3 heterocycles. The molecule has 0 fully saturated rings. The molecule has 0 radical (unpaired) electrons. The van der Waals surface area contributed by atoms with Crippen LogP contribution in [0.4, 0.5) is 11.5 Å². The molecule has 6 heteroatoms. The van der Waals surface area contributed by atoms with Crippen molar-refractivity contribution in [3.8, 4) is 5.75 Å². The van der Waals surface area contributed by atoms with Crippen LogP contribution in [0.3, 0.4) is 0 Å². The van der Waals surface area contributed by atoms with Crippen molar-refractivity contribution in [2.45, 2.75) is 12.8 Å². The predicted octanol–water partition coefficient (Wildman–Crippen LogP) is 2.45. The number of methoxy groups -OCH3 is 1. The van der Waals surface area contributed by atoms with E-state index in [1.807, 2.05) is 6.07 Å². The standard InChI is InChI=1S/C15H15N5O/c1-21-11-4-5-12-10(7-11)3-2-6-20(12)15-13-14(17-8-16-13)18-9-19-15/h4-5,7-9H,2-3,6H2,1H3,(H,16,17,18,19). The highest BCUT2D eigenvalue weighted by molar-refractivity contribution is 5.86. The minimum Gasteiger partial charge on any atom is -0.497 e. The number of benzene rings is 1. The van der Waals surface area contributed by atoms with Crippen LogP contribution in [0.25, 0.3) is 11.2 Å². The van der Waals surface area contributed by atoms with Crippen LogP contribution in [0.2, 0.25) is 0 Å². The molecular weight excluding hydrogens is 266 g/mol. The summed E-state index contributed by atoms with van der Waals surface area (Å²) in [7, 11) is 1.70. The van der Waals surface area contributed by atoms with Gasteiger partial charge in [0.1, 0.15) is 17.6 Å². The van der Waals surface area contributed by atoms with Gasteiger partial charge in [-0.2, -0.15) is 0 Å². The molecular formula is C15H15N5O. The Morgan fingerprint density at radius 2 is 2.19 bits per heavy atom. The van der Waals surface area contributed by atoms with Gasteiger partial charge in [0, 0.05) is 12.2 Å². The lowest BCUT2D eigenvalue weighted by Crippen LogP contribution is -2.25. The normalized spacial score (nSPS) is 14.2. The number of aromatic amines is 1. The Hall–Kier alpha value is -2.63. The van der Waals surface area contributed by atoms with Crippen molar-refractivity contribution in [3.63, 3.8) is 0 Å². The first-order valence-corrected chi connectivity index (χ1v) is 6.95. The second kappa shape index (κ2) is 4.73. The maximum absolute atomic E-state index is 5.32. The SMILES string of the molecule is COc1ccc2c(c1)CCCN2c1ncnc2nc[nH]c12. The van der Waals surface area contributed by atoms with Gasteiger partial charge < -0.3 is 14.6 Å². The van der Waals surface area contributed by atoms with Crippen LogP contribution in [-0.2, 0) is 6.42 Å². The number of nitrogens with zero attached hydrogens (tertiary/aromatic N) is 4. The number of nitrogens with one attached hydrogen (secondary N) is 1. The molecule has 0 saturated heterocycles. The molecule has 0 spiro atoms. The van der Waals surface area contributed by atoms with Crippen LogP contribution >= 0.6 is 0 Å². The van der Waals surface area contributed by atoms with Crippen LogP contribution in [0.1, 0.15) is 12.0 Å². The number of fused-ring (bicyclic) bond motifs is 2. The third kappa shape index (κ3) is 1.91. The fourth-order valence-corrected chi connectivity index (χ4v) is 2.88. The topological polar surface area (TPSA) is 66.9 Å². The number of aryl methyl sites for hydroxylation is 1. The molecule has 106 valence electrons. The summed E-state index contributed by atoms with van der Waals surface area (Å²) in [6.45, 7) is 0.935. The predicted molar refractivity (Wildman–Crippen MR) is 80.0 cm³/mol. The van der Waals surface area contributed by atoms with Gasteiger partial charge in [0.25, 0.3) is 0 Å². The third-order valence-electron chi connectivity index (χ3n) is 3.86. The maximum Gasteiger partial charge on any atom is 0.182 e. The van der Waals surface area contributed by atoms with Crippen molar-refractivity contribution in [2.24, 2.45) is 0 Å². The van der Waals surface area contributed by atoms with Gasteiger partial charge in [-0.25, -0.2) is 15.0 Å². The molecule has 0 aliphatic carbocycles. The van der Waals surface area contributed by atoms with Gasteiger partial charge in [-0.15, -0.1) is 0 Å². The summed E-state index contributed by atoms with van der Waals surface area (Å²) in [5.74, 6) is 1.77. The van der Waals surface area contributed by atoms with Crippen LogP contribution < -0.4 is 9.64 Å². The van der Waals surface area contributed by atoms with E-state index in [9.17, 15) is 0 Å². The van der Waals surface area contributed by atoms with E-state index in [0.717, 1.165) is 36.5 Å². The van der Waals surface area contributed by atoms with Crippen LogP contribution in [0, 0.1) is 0 Å². The lowest BCUT2D eigenvalue weighted by atomic mass is 10.0. The molecule has 3 aromatic rings. The van der Waals surface area contributed by atoms with E-state index in [1.165, 1.54) is 11.3 Å². The van der Waals surface area contributed by atoms with E-state index >= 15 is 0 Å². The summed E-state index contributed by atoms with van der Waals surface area (Å²) in [5, 5.41) is 0. The molecule has 0 unspecified atom stereocenters. The van der Waals surface area contributed by atoms with Gasteiger partial charge in [0.2, 0.25) is 0 Å². The molecule has 4 rings (SSSR count). The average molecular weight is 281 g/mol. The summed E-state index contributed by atoms with van der Waals surface area (Å²) in [5.41, 5.74) is 4.03. The molecule has 2 aromatic heterocycles. The molecule has 0 amide bonds. The summed E-state index contributed by atoms with van der Waals surface area (Å²) >= 11 is 0. The maximum atomic E-state index is 5.32. The molecule has 0 bridgehead atoms. The van der Waals surface area contributed by atoms with Crippen molar-refractivity contribution in [3.05, 3.63) is 36.4 Å². The lowest BCUT2D eigenvalue weighted by molar-refractivity contribution is 0.414. The molecule has 0 saturated carbocycles. The number of imidazole rings is 1. The second-order valence-corrected chi connectivity index (χ2v) is 5.05. The first kappa shape index (κ1) is 12.1. The lowest BCUT2D eigenvalue weighted by Gasteiger charge is -2.30. The van der Waals surface area contributed by atoms with Crippen molar-refractivity contribution in [2.75, 3.05) is 18.6 Å². The summed E-state index contributed by atoms with van der Waals surface area (Å²) in [6.07, 6.45) is 5.36. The summed E-state index contributed by atoms with van der Waals surface area (Å²) in [4.78, 5) is 18.2. The number of ether oxygens (including phenoxy) is 1. The van der Waals surface area contributed by atoms with Crippen molar-refractivity contribution in [1.29, 1.82) is 0 Å². The quantitative estimate of drug-likeness (QED) is 0.781. The second-order valence-electron chi connectivity index (χ2n) is 5.05. The number of anilines is 2. The Morgan fingerprint density at radius 3 is 3.10 bits per heavy atom. The third-order valence-corrected chi connectivity index (χ3v) is 3.86. The van der Waals surface area contributed by atoms with Gasteiger partial charge in [-0.1, -0.05) is 0 Å². The summed E-state index contributed by atoms with van der Waals surface area (Å²) < 4.78 is 5.32. The number of rotatable bonds is 2. The molecule has 21 heavy (non-hydrogen) atoms. The highest BCUT2D eigenvalue weighted by atomic mass is 16.5. The van der Waals surface area contributed by atoms with E-state index in [1.54, 1.807) is 19.8 Å². The molecule has 1 aliphatic rings. The highest BCUT2D eigenvalue weighted by Gasteiger charge is 2.22. The Balaban J connectivity index is 1.86. The number of H-pyrrole nitrogens is 1. The Labute approximate surface area is 121 Å². The molecule has 1 aromatic carbocycles. The minimum atomic E-state index is 0.695. The zero-order chi connectivity index (χ0) is 14.2. The molecule has 0 atom stereocenters. The fraction of sp³-hybridized carbons (Fsp3) is 0.267. The number of aromatic nitrogens is 4. The smallest absolute Gasteiger partial charge is 0.182 e. The Bertz CT molecular complexity index is 798. The van der Waals surface area contributed by atoms with E-state index in [-0.39, 0.29) is 0 Å². The Kier molecular flexibility index (Phi) is 2.73. The first-order chi connectivity index (χ1) is 10.4. The largest absolute Gasteiger partial charge is 0.497 e. The zero-order valence-electron chi connectivity index (χ0n) is 11.7. The van der Waals surface area contributed by atoms with Gasteiger partial charge in [-0.05, 0) is 36.6 Å². The van der Waals surface area contributed by atoms with Crippen molar-refractivity contribution >= 4 is 22.7 Å². The first-order valence-electron chi connectivity index (χ1n) is 6.95. The average Bonchev–Trinajstić information content (AvgIpc) is 3.02. The molecule has 1 N–H and O–H groups in total. The van der Waals surface area contributed by atoms with Crippen molar-refractivity contribution in [1.82, 2.24) is 19.9 Å². The van der Waals surface area contributed by atoms with E-state index in [4.69, 9.17) is 4.74 Å². The van der Waals surface area contributed by atoms with Gasteiger partial charge in [-0.3, -0.25) is 0 Å². The minimum absolute atomic E-state index is 0.695. The van der Waals surface area contributed by atoms with Crippen LogP contribution in [0.5, 0.6) is 5.75 Å². The molecule has 6 nitrogen and oxygen atoms in total. The van der Waals surface area contributed by atoms with Crippen LogP contribution in [-0.4, -0.2) is 33.6 Å². The van der Waals surface area contributed by atoms with E-state index < -0.39 is 0 Å². The summed E-state index contributed by atoms with van der Waals surface area (Å²) in [6, 6.07) is 6.19. The van der Waals surface area contributed by atoms with E-state index in [0.29, 0.717) is 5.65 Å². The number of hydrogen-bond acceptors (Lipinski definition) is 5. The number of hydrogen-bond donors (Lipinski definition) is 1. The molecule has 1 aliphatic heterocycles. The van der Waals surface area contributed by atoms with Crippen LogP contribution in [0.15, 0.2) is 30.9 Å². The van der Waals surface area contributed by atoms with E-state index in [2.05, 4.69) is 37.0 Å². The fourth-order valence-electron chi connectivity index (χ4n) is 2.88. The monoisotopic (exact) mass is 281 g/mol. The van der Waals surface area contributed by atoms with Crippen molar-refractivity contribution < 1.29 is 4.74 Å². The van der Waals surface area contributed by atoms with Gasteiger partial charge in [0.15, 0.2) is 11.5 Å². The Morgan fingerprint density at radius 1 is 1.24 bits per heavy atom. The highest BCUT2D eigenvalue weighted by Crippen LogP contribution is 2.36.